The van der Waals surface area contributed by atoms with Crippen LogP contribution in [-0.2, 0) is 27.1 Å². The Hall–Kier alpha value is -1.41. The summed E-state index contributed by atoms with van der Waals surface area (Å²) < 4.78 is 37.7. The Balaban J connectivity index is 2.27. The second kappa shape index (κ2) is 7.83. The molecule has 0 bridgehead atoms. The Morgan fingerprint density at radius 3 is 2.94 bits per heavy atom. The van der Waals surface area contributed by atoms with Crippen molar-refractivity contribution in [3.05, 3.63) is 11.7 Å². The first-order chi connectivity index (χ1) is 8.61. The molecule has 6 nitrogen and oxygen atoms in total. The normalized spacial score (nSPS) is 11.1. The highest BCUT2D eigenvalue weighted by molar-refractivity contribution is 5.81. The number of aromatic nitrogens is 2. The van der Waals surface area contributed by atoms with Crippen LogP contribution < -0.4 is 0 Å². The van der Waals surface area contributed by atoms with E-state index in [0.717, 1.165) is 0 Å². The number of hydrogen-bond donors (Lipinski definition) is 0. The van der Waals surface area contributed by atoms with Gasteiger partial charge in [0.05, 0.1) is 13.0 Å². The van der Waals surface area contributed by atoms with E-state index >= 15 is 0 Å². The van der Waals surface area contributed by atoms with Gasteiger partial charge in [0, 0.05) is 13.5 Å². The van der Waals surface area contributed by atoms with Crippen molar-refractivity contribution in [1.82, 2.24) is 10.1 Å². The van der Waals surface area contributed by atoms with Crippen LogP contribution >= 0.6 is 0 Å². The summed E-state index contributed by atoms with van der Waals surface area (Å²) in [5, 5.41) is 3.60. The molecule has 0 aliphatic carbocycles. The van der Waals surface area contributed by atoms with Crippen molar-refractivity contribution in [2.45, 2.75) is 19.3 Å². The number of Topliss-reactive ketones (excluding diaryl/α,β-unsaturated/α-hetero) is 1. The van der Waals surface area contributed by atoms with Gasteiger partial charge in [-0.05, 0) is 0 Å². The molecule has 18 heavy (non-hydrogen) atoms. The fourth-order valence-corrected chi connectivity index (χ4v) is 1.18. The smallest absolute Gasteiger partial charge is 0.261 e. The van der Waals surface area contributed by atoms with Gasteiger partial charge in [0.2, 0.25) is 5.89 Å². The minimum atomic E-state index is -2.49. The summed E-state index contributed by atoms with van der Waals surface area (Å²) in [5.74, 6) is 0.326. The highest BCUT2D eigenvalue weighted by Gasteiger charge is 2.11. The Kier molecular flexibility index (Phi) is 6.37. The van der Waals surface area contributed by atoms with E-state index in [9.17, 15) is 13.6 Å². The maximum absolute atomic E-state index is 11.8. The van der Waals surface area contributed by atoms with Crippen molar-refractivity contribution in [1.29, 1.82) is 0 Å². The molecule has 0 N–H and O–H groups in total. The summed E-state index contributed by atoms with van der Waals surface area (Å²) >= 11 is 0. The molecule has 0 saturated heterocycles. The maximum atomic E-state index is 11.8. The molecule has 0 unspecified atom stereocenters. The Morgan fingerprint density at radius 2 is 2.28 bits per heavy atom. The number of nitrogens with zero attached hydrogens (tertiary/aromatic N) is 2. The van der Waals surface area contributed by atoms with Gasteiger partial charge in [-0.25, -0.2) is 8.78 Å². The maximum Gasteiger partial charge on any atom is 0.261 e. The second-order valence-electron chi connectivity index (χ2n) is 3.47. The zero-order valence-electron chi connectivity index (χ0n) is 9.90. The third kappa shape index (κ3) is 5.78. The molecule has 0 aliphatic rings. The van der Waals surface area contributed by atoms with Crippen molar-refractivity contribution < 1.29 is 27.6 Å². The summed E-state index contributed by atoms with van der Waals surface area (Å²) in [6.07, 6.45) is -2.23. The van der Waals surface area contributed by atoms with E-state index in [4.69, 9.17) is 4.52 Å². The molecule has 1 heterocycles. The number of hydrogen-bond acceptors (Lipinski definition) is 6. The number of carbonyl (C=O) groups excluding carboxylic acids is 1. The Bertz CT molecular complexity index is 371. The fourth-order valence-electron chi connectivity index (χ4n) is 1.18. The van der Waals surface area contributed by atoms with Crippen molar-refractivity contribution in [3.8, 4) is 0 Å². The van der Waals surface area contributed by atoms with E-state index < -0.39 is 13.0 Å². The quantitative estimate of drug-likeness (QED) is 0.610. The summed E-state index contributed by atoms with van der Waals surface area (Å²) in [5.41, 5.74) is 0. The molecule has 0 radical (unpaired) electrons. The average molecular weight is 264 g/mol. The van der Waals surface area contributed by atoms with Crippen LogP contribution in [0.3, 0.4) is 0 Å². The first-order valence-electron chi connectivity index (χ1n) is 5.29. The van der Waals surface area contributed by atoms with Crippen LogP contribution in [0.2, 0.25) is 0 Å². The highest BCUT2D eigenvalue weighted by Crippen LogP contribution is 2.01. The molecule has 0 saturated carbocycles. The molecule has 0 aliphatic heterocycles. The third-order valence-corrected chi connectivity index (χ3v) is 1.88. The average Bonchev–Trinajstić information content (AvgIpc) is 2.72. The van der Waals surface area contributed by atoms with Gasteiger partial charge < -0.3 is 14.0 Å². The van der Waals surface area contributed by atoms with Gasteiger partial charge in [0.25, 0.3) is 6.43 Å². The van der Waals surface area contributed by atoms with E-state index in [1.54, 1.807) is 0 Å². The van der Waals surface area contributed by atoms with Crippen LogP contribution in [0.1, 0.15) is 11.7 Å². The number of rotatable bonds is 9. The Labute approximate surface area is 102 Å². The molecule has 0 spiro atoms. The number of halogens is 2. The standard InChI is InChI=1S/C10H14F2N2O4/c1-16-5-7(15)4-10-13-9(14-18-10)2-3-17-6-8(11)12/h8H,2-6H2,1H3. The van der Waals surface area contributed by atoms with Gasteiger partial charge in [-0.3, -0.25) is 4.79 Å². The first kappa shape index (κ1) is 14.7. The molecule has 0 fully saturated rings. The zero-order chi connectivity index (χ0) is 13.4. The Morgan fingerprint density at radius 1 is 1.50 bits per heavy atom. The van der Waals surface area contributed by atoms with Crippen LogP contribution in [0.4, 0.5) is 8.78 Å². The van der Waals surface area contributed by atoms with Crippen molar-refractivity contribution in [2.75, 3.05) is 26.9 Å². The zero-order valence-corrected chi connectivity index (χ0v) is 9.90. The van der Waals surface area contributed by atoms with Gasteiger partial charge in [-0.2, -0.15) is 4.98 Å². The van der Waals surface area contributed by atoms with Gasteiger partial charge in [-0.15, -0.1) is 0 Å². The predicted octanol–water partition coefficient (Wildman–Crippen LogP) is 0.652. The number of methoxy groups -OCH3 is 1. The molecular weight excluding hydrogens is 250 g/mol. The lowest BCUT2D eigenvalue weighted by molar-refractivity contribution is -0.122. The van der Waals surface area contributed by atoms with Gasteiger partial charge >= 0.3 is 0 Å². The summed E-state index contributed by atoms with van der Waals surface area (Å²) in [6.45, 7) is -0.554. The van der Waals surface area contributed by atoms with Gasteiger partial charge in [-0.1, -0.05) is 5.16 Å². The van der Waals surface area contributed by atoms with Crippen LogP contribution in [-0.4, -0.2) is 49.3 Å². The molecule has 102 valence electrons. The van der Waals surface area contributed by atoms with E-state index in [-0.39, 0.29) is 37.7 Å². The lowest BCUT2D eigenvalue weighted by Gasteiger charge is -1.99. The van der Waals surface area contributed by atoms with E-state index in [1.807, 2.05) is 0 Å². The first-order valence-corrected chi connectivity index (χ1v) is 5.29. The lowest BCUT2D eigenvalue weighted by atomic mass is 10.3. The summed E-state index contributed by atoms with van der Waals surface area (Å²) in [6, 6.07) is 0. The molecular formula is C10H14F2N2O4. The SMILES string of the molecule is COCC(=O)Cc1nc(CCOCC(F)F)no1. The predicted molar refractivity (Wildman–Crippen MR) is 55.4 cm³/mol. The number of alkyl halides is 2. The molecule has 0 amide bonds. The molecule has 1 aromatic heterocycles. The lowest BCUT2D eigenvalue weighted by Crippen LogP contribution is -2.10. The van der Waals surface area contributed by atoms with Crippen LogP contribution in [0.5, 0.6) is 0 Å². The monoisotopic (exact) mass is 264 g/mol. The number of ether oxygens (including phenoxy) is 2. The minimum Gasteiger partial charge on any atom is -0.377 e. The molecule has 1 aromatic rings. The summed E-state index contributed by atoms with van der Waals surface area (Å²) in [4.78, 5) is 15.1. The fraction of sp³-hybridized carbons (Fsp3) is 0.700. The van der Waals surface area contributed by atoms with Crippen molar-refractivity contribution >= 4 is 5.78 Å². The molecule has 1 rings (SSSR count). The van der Waals surface area contributed by atoms with Gasteiger partial charge in [0.1, 0.15) is 13.2 Å². The largest absolute Gasteiger partial charge is 0.377 e. The van der Waals surface area contributed by atoms with Crippen LogP contribution in [0, 0.1) is 0 Å². The van der Waals surface area contributed by atoms with Gasteiger partial charge in [0.15, 0.2) is 11.6 Å². The molecule has 0 aromatic carbocycles. The topological polar surface area (TPSA) is 74.5 Å². The summed E-state index contributed by atoms with van der Waals surface area (Å²) in [7, 11) is 1.41. The van der Waals surface area contributed by atoms with E-state index in [1.165, 1.54) is 7.11 Å². The van der Waals surface area contributed by atoms with Crippen molar-refractivity contribution in [3.63, 3.8) is 0 Å². The van der Waals surface area contributed by atoms with E-state index in [0.29, 0.717) is 5.82 Å². The minimum absolute atomic E-state index is 0.00126. The molecule has 8 heteroatoms. The molecule has 0 atom stereocenters. The van der Waals surface area contributed by atoms with Crippen LogP contribution in [0.25, 0.3) is 0 Å². The van der Waals surface area contributed by atoms with E-state index in [2.05, 4.69) is 19.6 Å². The highest BCUT2D eigenvalue weighted by atomic mass is 19.3. The number of ketones is 1. The second-order valence-corrected chi connectivity index (χ2v) is 3.47. The number of carbonyl (C=O) groups is 1. The van der Waals surface area contributed by atoms with Crippen LogP contribution in [0.15, 0.2) is 4.52 Å². The van der Waals surface area contributed by atoms with Crippen molar-refractivity contribution in [2.24, 2.45) is 0 Å². The third-order valence-electron chi connectivity index (χ3n) is 1.88.